The van der Waals surface area contributed by atoms with Crippen molar-refractivity contribution in [2.45, 2.75) is 19.4 Å². The Morgan fingerprint density at radius 2 is 2.29 bits per heavy atom. The highest BCUT2D eigenvalue weighted by Gasteiger charge is 2.19. The monoisotopic (exact) mass is 358 g/mol. The molecule has 0 radical (unpaired) electrons. The van der Waals surface area contributed by atoms with E-state index in [0.29, 0.717) is 30.4 Å². The minimum absolute atomic E-state index is 0. The molecule has 0 saturated carbocycles. The van der Waals surface area contributed by atoms with Gasteiger partial charge in [-0.2, -0.15) is 0 Å². The first kappa shape index (κ1) is 20.1. The minimum Gasteiger partial charge on any atom is -0.495 e. The molecule has 1 aromatic rings. The predicted octanol–water partition coefficient (Wildman–Crippen LogP) is 1.65. The van der Waals surface area contributed by atoms with Crippen LogP contribution in [-0.4, -0.2) is 55.1 Å². The van der Waals surface area contributed by atoms with Crippen molar-refractivity contribution in [3.05, 3.63) is 28.3 Å². The highest BCUT2D eigenvalue weighted by molar-refractivity contribution is 5.92. The van der Waals surface area contributed by atoms with Gasteiger partial charge < -0.3 is 15.4 Å². The Balaban J connectivity index is 0.00000288. The summed E-state index contributed by atoms with van der Waals surface area (Å²) in [5.74, 6) is 0.217. The molecule has 1 amide bonds. The second-order valence-electron chi connectivity index (χ2n) is 5.53. The number of carbonyl (C=O) groups excluding carboxylic acids is 1. The molecule has 1 aliphatic rings. The quantitative estimate of drug-likeness (QED) is 0.593. The van der Waals surface area contributed by atoms with Gasteiger partial charge in [-0.25, -0.2) is 0 Å². The van der Waals surface area contributed by atoms with Crippen molar-refractivity contribution in [2.75, 3.05) is 38.6 Å². The molecule has 1 saturated heterocycles. The Bertz CT molecular complexity index is 585. The van der Waals surface area contributed by atoms with Crippen LogP contribution in [0.15, 0.2) is 18.2 Å². The molecule has 2 rings (SSSR count). The third-order valence-electron chi connectivity index (χ3n) is 3.93. The fourth-order valence-corrected chi connectivity index (χ4v) is 2.58. The van der Waals surface area contributed by atoms with E-state index >= 15 is 0 Å². The molecular formula is C15H23ClN4O4. The number of benzene rings is 1. The Labute approximate surface area is 147 Å². The van der Waals surface area contributed by atoms with Crippen molar-refractivity contribution in [2.24, 2.45) is 0 Å². The van der Waals surface area contributed by atoms with Crippen molar-refractivity contribution < 1.29 is 14.5 Å². The summed E-state index contributed by atoms with van der Waals surface area (Å²) in [6.07, 6.45) is 0.330. The number of anilines is 1. The van der Waals surface area contributed by atoms with Crippen LogP contribution in [-0.2, 0) is 4.79 Å². The molecule has 0 aromatic heterocycles. The minimum atomic E-state index is -0.502. The van der Waals surface area contributed by atoms with Gasteiger partial charge in [-0.05, 0) is 13.0 Å². The van der Waals surface area contributed by atoms with Crippen molar-refractivity contribution in [3.63, 3.8) is 0 Å². The van der Waals surface area contributed by atoms with Gasteiger partial charge in [0.2, 0.25) is 5.91 Å². The number of halogens is 1. The number of nitrogens with zero attached hydrogens (tertiary/aromatic N) is 2. The van der Waals surface area contributed by atoms with E-state index in [0.717, 1.165) is 19.6 Å². The van der Waals surface area contributed by atoms with Crippen LogP contribution in [0.4, 0.5) is 11.4 Å². The van der Waals surface area contributed by atoms with Crippen molar-refractivity contribution >= 4 is 29.7 Å². The predicted molar refractivity (Wildman–Crippen MR) is 94.0 cm³/mol. The van der Waals surface area contributed by atoms with E-state index in [2.05, 4.69) is 22.5 Å². The average molecular weight is 359 g/mol. The van der Waals surface area contributed by atoms with E-state index in [1.54, 1.807) is 0 Å². The molecule has 134 valence electrons. The summed E-state index contributed by atoms with van der Waals surface area (Å²) < 4.78 is 5.14. The van der Waals surface area contributed by atoms with Crippen LogP contribution >= 0.6 is 12.4 Å². The number of nitro benzene ring substituents is 1. The summed E-state index contributed by atoms with van der Waals surface area (Å²) >= 11 is 0. The lowest BCUT2D eigenvalue weighted by Gasteiger charge is -2.33. The molecule has 1 aromatic carbocycles. The molecule has 8 nitrogen and oxygen atoms in total. The number of rotatable bonds is 6. The number of piperazine rings is 1. The van der Waals surface area contributed by atoms with Crippen LogP contribution < -0.4 is 15.4 Å². The lowest BCUT2D eigenvalue weighted by atomic mass is 10.2. The zero-order chi connectivity index (χ0) is 16.8. The van der Waals surface area contributed by atoms with Crippen molar-refractivity contribution in [1.82, 2.24) is 10.2 Å². The van der Waals surface area contributed by atoms with Gasteiger partial charge in [0.1, 0.15) is 5.75 Å². The first-order valence-corrected chi connectivity index (χ1v) is 7.58. The number of carbonyl (C=O) groups is 1. The molecule has 1 fully saturated rings. The number of hydrogen-bond acceptors (Lipinski definition) is 6. The van der Waals surface area contributed by atoms with Gasteiger partial charge in [0.15, 0.2) is 0 Å². The number of hydrogen-bond donors (Lipinski definition) is 2. The first-order chi connectivity index (χ1) is 11.0. The standard InChI is InChI=1S/C15H22N4O4.ClH/c1-11-10-16-6-8-18(11)7-5-15(20)17-13-9-12(19(21)22)3-4-14(13)23-2;/h3-4,9,11,16H,5-8,10H2,1-2H3,(H,17,20);1H/t11-;/m1./s1. The third kappa shape index (κ3) is 5.33. The summed E-state index contributed by atoms with van der Waals surface area (Å²) in [5.41, 5.74) is 0.233. The van der Waals surface area contributed by atoms with Gasteiger partial charge in [0.05, 0.1) is 17.7 Å². The topological polar surface area (TPSA) is 96.7 Å². The number of amides is 1. The Morgan fingerprint density at radius 1 is 1.54 bits per heavy atom. The molecule has 1 atom stereocenters. The summed E-state index contributed by atoms with van der Waals surface area (Å²) in [6, 6.07) is 4.52. The van der Waals surface area contributed by atoms with E-state index in [4.69, 9.17) is 4.74 Å². The Hall–Kier alpha value is -1.90. The van der Waals surface area contributed by atoms with Crippen LogP contribution in [0.2, 0.25) is 0 Å². The van der Waals surface area contributed by atoms with E-state index in [-0.39, 0.29) is 24.0 Å². The fourth-order valence-electron chi connectivity index (χ4n) is 2.58. The number of non-ortho nitro benzene ring substituents is 1. The van der Waals surface area contributed by atoms with Crippen molar-refractivity contribution in [3.8, 4) is 5.75 Å². The molecule has 24 heavy (non-hydrogen) atoms. The lowest BCUT2D eigenvalue weighted by molar-refractivity contribution is -0.384. The van der Waals surface area contributed by atoms with Crippen LogP contribution in [0.3, 0.4) is 0 Å². The summed E-state index contributed by atoms with van der Waals surface area (Å²) in [5, 5.41) is 16.8. The molecular weight excluding hydrogens is 336 g/mol. The van der Waals surface area contributed by atoms with E-state index in [1.807, 2.05) is 0 Å². The fraction of sp³-hybridized carbons (Fsp3) is 0.533. The number of nitrogens with one attached hydrogen (secondary N) is 2. The van der Waals surface area contributed by atoms with Gasteiger partial charge in [-0.15, -0.1) is 12.4 Å². The summed E-state index contributed by atoms with van der Waals surface area (Å²) in [4.78, 5) is 24.7. The highest BCUT2D eigenvalue weighted by atomic mass is 35.5. The van der Waals surface area contributed by atoms with E-state index in [9.17, 15) is 14.9 Å². The molecule has 1 aliphatic heterocycles. The zero-order valence-corrected chi connectivity index (χ0v) is 14.6. The maximum absolute atomic E-state index is 12.1. The summed E-state index contributed by atoms with van der Waals surface area (Å²) in [6.45, 7) is 5.53. The molecule has 0 aliphatic carbocycles. The van der Waals surface area contributed by atoms with Gasteiger partial charge in [-0.3, -0.25) is 19.8 Å². The highest BCUT2D eigenvalue weighted by Crippen LogP contribution is 2.28. The van der Waals surface area contributed by atoms with Crippen LogP contribution in [0.25, 0.3) is 0 Å². The van der Waals surface area contributed by atoms with Gasteiger partial charge in [0.25, 0.3) is 5.69 Å². The SMILES string of the molecule is COc1ccc([N+](=O)[O-])cc1NC(=O)CCN1CCNC[C@H]1C.Cl. The second kappa shape index (κ2) is 9.41. The summed E-state index contributed by atoms with van der Waals surface area (Å²) in [7, 11) is 1.46. The average Bonchev–Trinajstić information content (AvgIpc) is 2.54. The van der Waals surface area contributed by atoms with E-state index in [1.165, 1.54) is 25.3 Å². The largest absolute Gasteiger partial charge is 0.495 e. The Morgan fingerprint density at radius 3 is 2.92 bits per heavy atom. The molecule has 0 unspecified atom stereocenters. The number of methoxy groups -OCH3 is 1. The van der Waals surface area contributed by atoms with Gasteiger partial charge >= 0.3 is 0 Å². The normalized spacial score (nSPS) is 17.7. The van der Waals surface area contributed by atoms with Gasteiger partial charge in [-0.1, -0.05) is 0 Å². The second-order valence-corrected chi connectivity index (χ2v) is 5.53. The van der Waals surface area contributed by atoms with Crippen molar-refractivity contribution in [1.29, 1.82) is 0 Å². The maximum atomic E-state index is 12.1. The molecule has 2 N–H and O–H groups in total. The zero-order valence-electron chi connectivity index (χ0n) is 13.8. The van der Waals surface area contributed by atoms with Crippen LogP contribution in [0.1, 0.15) is 13.3 Å². The molecule has 1 heterocycles. The van der Waals surface area contributed by atoms with E-state index < -0.39 is 4.92 Å². The van der Waals surface area contributed by atoms with Gasteiger partial charge in [0, 0.05) is 50.8 Å². The smallest absolute Gasteiger partial charge is 0.271 e. The molecule has 0 bridgehead atoms. The molecule has 0 spiro atoms. The van der Waals surface area contributed by atoms with Crippen LogP contribution in [0.5, 0.6) is 5.75 Å². The van der Waals surface area contributed by atoms with Crippen LogP contribution in [0, 0.1) is 10.1 Å². The number of ether oxygens (including phenoxy) is 1. The third-order valence-corrected chi connectivity index (χ3v) is 3.93. The Kier molecular flexibility index (Phi) is 7.90. The lowest BCUT2D eigenvalue weighted by Crippen LogP contribution is -2.50. The molecule has 9 heteroatoms. The number of nitro groups is 1. The first-order valence-electron chi connectivity index (χ1n) is 7.58. The maximum Gasteiger partial charge on any atom is 0.271 e.